The number of amides is 2. The van der Waals surface area contributed by atoms with Crippen LogP contribution < -0.4 is 15.5 Å². The summed E-state index contributed by atoms with van der Waals surface area (Å²) in [6.45, 7) is 9.64. The number of nitrogens with zero attached hydrogens (tertiary/aromatic N) is 2. The molecule has 1 aliphatic carbocycles. The van der Waals surface area contributed by atoms with Gasteiger partial charge in [-0.25, -0.2) is 0 Å². The van der Waals surface area contributed by atoms with Crippen molar-refractivity contribution in [1.29, 1.82) is 0 Å². The number of benzene rings is 1. The Balaban J connectivity index is 1.71. The van der Waals surface area contributed by atoms with Crippen LogP contribution in [0, 0.1) is 5.92 Å². The summed E-state index contributed by atoms with van der Waals surface area (Å²) in [5.74, 6) is 0.151. The first-order chi connectivity index (χ1) is 13.1. The molecule has 27 heavy (non-hydrogen) atoms. The lowest BCUT2D eigenvalue weighted by Crippen LogP contribution is -2.35. The molecule has 2 N–H and O–H groups in total. The molecule has 1 saturated heterocycles. The maximum Gasteiger partial charge on any atom is 0.253 e. The first kappa shape index (κ1) is 19.7. The molecule has 0 bridgehead atoms. The normalized spacial score (nSPS) is 16.6. The summed E-state index contributed by atoms with van der Waals surface area (Å²) in [6, 6.07) is 5.73. The molecule has 2 aliphatic rings. The molecule has 6 nitrogen and oxygen atoms in total. The van der Waals surface area contributed by atoms with E-state index in [1.165, 1.54) is 0 Å². The highest BCUT2D eigenvalue weighted by molar-refractivity contribution is 6.02. The molecule has 0 spiro atoms. The third kappa shape index (κ3) is 5.22. The van der Waals surface area contributed by atoms with Crippen LogP contribution in [0.1, 0.15) is 49.9 Å². The van der Waals surface area contributed by atoms with E-state index in [0.29, 0.717) is 17.8 Å². The molecule has 6 heteroatoms. The monoisotopic (exact) mass is 372 g/mol. The standard InChI is InChI=1S/C21H32N4O2/c1-3-24(4-2)14-11-22-21(27)18-15-17(23-20(26)16-7-8-16)9-10-19(18)25-12-5-6-13-25/h9-10,15-16H,3-8,11-14H2,1-2H3,(H,22,27)(H,23,26). The summed E-state index contributed by atoms with van der Waals surface area (Å²) in [5.41, 5.74) is 2.34. The minimum absolute atomic E-state index is 0.0634. The third-order valence-electron chi connectivity index (χ3n) is 5.51. The van der Waals surface area contributed by atoms with Crippen molar-refractivity contribution < 1.29 is 9.59 Å². The van der Waals surface area contributed by atoms with Crippen molar-refractivity contribution in [3.63, 3.8) is 0 Å². The Kier molecular flexibility index (Phi) is 6.72. The van der Waals surface area contributed by atoms with Gasteiger partial charge in [-0.3, -0.25) is 9.59 Å². The van der Waals surface area contributed by atoms with Crippen LogP contribution in [0.25, 0.3) is 0 Å². The van der Waals surface area contributed by atoms with Crippen LogP contribution >= 0.6 is 0 Å². The predicted octanol–water partition coefficient (Wildman–Crippen LogP) is 2.71. The molecule has 0 aromatic heterocycles. The molecule has 1 aliphatic heterocycles. The molecule has 2 fully saturated rings. The Labute approximate surface area is 162 Å². The Hall–Kier alpha value is -2.08. The number of carbonyl (C=O) groups excluding carboxylic acids is 2. The van der Waals surface area contributed by atoms with Crippen molar-refractivity contribution in [3.05, 3.63) is 23.8 Å². The van der Waals surface area contributed by atoms with Crippen LogP contribution in [-0.4, -0.2) is 56.0 Å². The summed E-state index contributed by atoms with van der Waals surface area (Å²) in [6.07, 6.45) is 4.25. The SMILES string of the molecule is CCN(CC)CCNC(=O)c1cc(NC(=O)C2CC2)ccc1N1CCCC1. The van der Waals surface area contributed by atoms with Crippen molar-refractivity contribution in [3.8, 4) is 0 Å². The summed E-state index contributed by atoms with van der Waals surface area (Å²) in [4.78, 5) is 29.5. The second kappa shape index (κ2) is 9.22. The number of likely N-dealkylation sites (N-methyl/N-ethyl adjacent to an activating group) is 1. The third-order valence-corrected chi connectivity index (χ3v) is 5.51. The van der Waals surface area contributed by atoms with Crippen LogP contribution in [-0.2, 0) is 4.79 Å². The topological polar surface area (TPSA) is 64.7 Å². The van der Waals surface area contributed by atoms with Gasteiger partial charge < -0.3 is 20.4 Å². The smallest absolute Gasteiger partial charge is 0.253 e. The lowest BCUT2D eigenvalue weighted by Gasteiger charge is -2.23. The highest BCUT2D eigenvalue weighted by Gasteiger charge is 2.30. The van der Waals surface area contributed by atoms with Crippen LogP contribution in [0.5, 0.6) is 0 Å². The molecule has 1 aromatic rings. The van der Waals surface area contributed by atoms with Crippen LogP contribution in [0.2, 0.25) is 0 Å². The molecule has 0 unspecified atom stereocenters. The van der Waals surface area contributed by atoms with Crippen molar-refractivity contribution >= 4 is 23.2 Å². The van der Waals surface area contributed by atoms with Gasteiger partial charge in [0.25, 0.3) is 5.91 Å². The van der Waals surface area contributed by atoms with Crippen LogP contribution in [0.3, 0.4) is 0 Å². The quantitative estimate of drug-likeness (QED) is 0.700. The minimum atomic E-state index is -0.0634. The molecule has 0 radical (unpaired) electrons. The predicted molar refractivity (Wildman–Crippen MR) is 109 cm³/mol. The average molecular weight is 373 g/mol. The van der Waals surface area contributed by atoms with E-state index < -0.39 is 0 Å². The van der Waals surface area contributed by atoms with E-state index >= 15 is 0 Å². The van der Waals surface area contributed by atoms with Gasteiger partial charge in [-0.2, -0.15) is 0 Å². The van der Waals surface area contributed by atoms with Crippen molar-refractivity contribution in [1.82, 2.24) is 10.2 Å². The fourth-order valence-corrected chi connectivity index (χ4v) is 3.58. The summed E-state index contributed by atoms with van der Waals surface area (Å²) >= 11 is 0. The number of rotatable bonds is 9. The number of anilines is 2. The Morgan fingerprint density at radius 1 is 1.15 bits per heavy atom. The summed E-state index contributed by atoms with van der Waals surface area (Å²) in [5, 5.41) is 6.02. The second-order valence-electron chi connectivity index (χ2n) is 7.47. The van der Waals surface area contributed by atoms with Gasteiger partial charge in [-0.05, 0) is 57.0 Å². The van der Waals surface area contributed by atoms with E-state index in [1.54, 1.807) is 0 Å². The molecule has 1 saturated carbocycles. The van der Waals surface area contributed by atoms with Crippen LogP contribution in [0.15, 0.2) is 18.2 Å². The van der Waals surface area contributed by atoms with E-state index in [-0.39, 0.29) is 17.7 Å². The fraction of sp³-hybridized carbons (Fsp3) is 0.619. The Morgan fingerprint density at radius 2 is 1.85 bits per heavy atom. The second-order valence-corrected chi connectivity index (χ2v) is 7.47. The zero-order valence-electron chi connectivity index (χ0n) is 16.6. The Bertz CT molecular complexity index is 662. The van der Waals surface area contributed by atoms with E-state index in [0.717, 1.165) is 64.1 Å². The van der Waals surface area contributed by atoms with Crippen LogP contribution in [0.4, 0.5) is 11.4 Å². The zero-order chi connectivity index (χ0) is 19.2. The lowest BCUT2D eigenvalue weighted by molar-refractivity contribution is -0.117. The molecule has 1 aromatic carbocycles. The van der Waals surface area contributed by atoms with Gasteiger partial charge >= 0.3 is 0 Å². The van der Waals surface area contributed by atoms with E-state index in [4.69, 9.17) is 0 Å². The molecule has 3 rings (SSSR count). The maximum absolute atomic E-state index is 12.9. The van der Waals surface area contributed by atoms with E-state index in [2.05, 4.69) is 34.3 Å². The van der Waals surface area contributed by atoms with Crippen molar-refractivity contribution in [2.75, 3.05) is 49.5 Å². The molecule has 2 amide bonds. The first-order valence-electron chi connectivity index (χ1n) is 10.3. The van der Waals surface area contributed by atoms with Gasteiger partial charge in [0, 0.05) is 43.5 Å². The molecular weight excluding hydrogens is 340 g/mol. The van der Waals surface area contributed by atoms with Gasteiger partial charge in [0.05, 0.1) is 5.56 Å². The number of hydrogen-bond donors (Lipinski definition) is 2. The molecule has 148 valence electrons. The maximum atomic E-state index is 12.9. The zero-order valence-corrected chi connectivity index (χ0v) is 16.6. The van der Waals surface area contributed by atoms with Gasteiger partial charge in [-0.1, -0.05) is 13.8 Å². The van der Waals surface area contributed by atoms with E-state index in [1.807, 2.05) is 18.2 Å². The summed E-state index contributed by atoms with van der Waals surface area (Å²) < 4.78 is 0. The number of hydrogen-bond acceptors (Lipinski definition) is 4. The highest BCUT2D eigenvalue weighted by atomic mass is 16.2. The minimum Gasteiger partial charge on any atom is -0.371 e. The fourth-order valence-electron chi connectivity index (χ4n) is 3.58. The summed E-state index contributed by atoms with van der Waals surface area (Å²) in [7, 11) is 0. The van der Waals surface area contributed by atoms with E-state index in [9.17, 15) is 9.59 Å². The van der Waals surface area contributed by atoms with Gasteiger partial charge in [0.1, 0.15) is 0 Å². The number of carbonyl (C=O) groups is 2. The van der Waals surface area contributed by atoms with Gasteiger partial charge in [0.2, 0.25) is 5.91 Å². The molecule has 0 atom stereocenters. The van der Waals surface area contributed by atoms with Crippen molar-refractivity contribution in [2.24, 2.45) is 5.92 Å². The highest BCUT2D eigenvalue weighted by Crippen LogP contribution is 2.32. The van der Waals surface area contributed by atoms with Gasteiger partial charge in [0.15, 0.2) is 0 Å². The largest absolute Gasteiger partial charge is 0.371 e. The number of nitrogens with one attached hydrogen (secondary N) is 2. The molecule has 1 heterocycles. The lowest BCUT2D eigenvalue weighted by atomic mass is 10.1. The van der Waals surface area contributed by atoms with Gasteiger partial charge in [-0.15, -0.1) is 0 Å². The first-order valence-corrected chi connectivity index (χ1v) is 10.3. The Morgan fingerprint density at radius 3 is 2.48 bits per heavy atom. The van der Waals surface area contributed by atoms with Crippen molar-refractivity contribution in [2.45, 2.75) is 39.5 Å². The molecular formula is C21H32N4O2. The average Bonchev–Trinajstić information content (AvgIpc) is 3.40.